The molecular weight excluding hydrogens is 360 g/mol. The van der Waals surface area contributed by atoms with E-state index in [1.54, 1.807) is 34.4 Å². The summed E-state index contributed by atoms with van der Waals surface area (Å²) in [5.41, 5.74) is 2.97. The normalized spacial score (nSPS) is 13.6. The number of carbonyl (C=O) groups is 2. The van der Waals surface area contributed by atoms with Gasteiger partial charge in [-0.05, 0) is 59.3 Å². The zero-order valence-corrected chi connectivity index (χ0v) is 15.4. The molecule has 0 aliphatic carbocycles. The summed E-state index contributed by atoms with van der Waals surface area (Å²) in [6, 6.07) is 13.1. The van der Waals surface area contributed by atoms with Crippen LogP contribution in [0.15, 0.2) is 64.6 Å². The summed E-state index contributed by atoms with van der Waals surface area (Å²) in [6.45, 7) is 1.16. The van der Waals surface area contributed by atoms with Crippen LogP contribution in [0.5, 0.6) is 0 Å². The van der Waals surface area contributed by atoms with Crippen LogP contribution in [0, 0.1) is 0 Å². The van der Waals surface area contributed by atoms with Crippen LogP contribution >= 0.6 is 11.3 Å². The van der Waals surface area contributed by atoms with Crippen molar-refractivity contribution in [2.45, 2.75) is 13.0 Å². The second-order valence-corrected chi connectivity index (χ2v) is 7.25. The number of nitrogens with one attached hydrogen (secondary N) is 1. The fraction of sp³-hybridized carbons (Fsp3) is 0.143. The van der Waals surface area contributed by atoms with E-state index in [9.17, 15) is 9.59 Å². The quantitative estimate of drug-likeness (QED) is 0.693. The Hall–Kier alpha value is -3.12. The Morgan fingerprint density at radius 2 is 2.07 bits per heavy atom. The number of benzene rings is 1. The minimum atomic E-state index is -0.178. The van der Waals surface area contributed by atoms with Crippen molar-refractivity contribution < 1.29 is 14.0 Å². The zero-order valence-electron chi connectivity index (χ0n) is 14.6. The van der Waals surface area contributed by atoms with E-state index in [2.05, 4.69) is 5.32 Å². The van der Waals surface area contributed by atoms with Crippen LogP contribution in [0.4, 0.5) is 5.69 Å². The van der Waals surface area contributed by atoms with Crippen LogP contribution in [-0.2, 0) is 17.8 Å². The van der Waals surface area contributed by atoms with Crippen molar-refractivity contribution in [3.05, 3.63) is 81.9 Å². The Kier molecular flexibility index (Phi) is 4.89. The number of anilines is 1. The monoisotopic (exact) mass is 378 g/mol. The smallest absolute Gasteiger partial charge is 0.289 e. The molecule has 0 spiro atoms. The van der Waals surface area contributed by atoms with Crippen molar-refractivity contribution in [1.82, 2.24) is 4.90 Å². The molecule has 27 heavy (non-hydrogen) atoms. The first-order chi connectivity index (χ1) is 13.2. The molecule has 1 N–H and O–H groups in total. The van der Waals surface area contributed by atoms with Crippen LogP contribution in [-0.4, -0.2) is 23.3 Å². The van der Waals surface area contributed by atoms with Crippen LogP contribution in [0.3, 0.4) is 0 Å². The average molecular weight is 378 g/mol. The van der Waals surface area contributed by atoms with Gasteiger partial charge in [0.25, 0.3) is 5.91 Å². The molecular formula is C21H18N2O3S. The maximum atomic E-state index is 12.5. The molecule has 2 aromatic heterocycles. The standard InChI is InChI=1S/C21H18N2O3S/c24-20(8-7-18-3-2-12-27-18)22-17-6-5-15-9-10-23(14-16(15)13-17)21(25)19-4-1-11-26-19/h1-8,11-13H,9-10,14H2,(H,22,24)/b8-7+. The van der Waals surface area contributed by atoms with Crippen molar-refractivity contribution >= 4 is 34.9 Å². The molecule has 1 aromatic carbocycles. The van der Waals surface area contributed by atoms with Crippen molar-refractivity contribution in [3.8, 4) is 0 Å². The van der Waals surface area contributed by atoms with Crippen LogP contribution in [0.2, 0.25) is 0 Å². The van der Waals surface area contributed by atoms with Gasteiger partial charge < -0.3 is 14.6 Å². The Morgan fingerprint density at radius 1 is 1.15 bits per heavy atom. The van der Waals surface area contributed by atoms with Gasteiger partial charge in [-0.2, -0.15) is 0 Å². The van der Waals surface area contributed by atoms with E-state index in [4.69, 9.17) is 4.42 Å². The topological polar surface area (TPSA) is 62.6 Å². The first-order valence-corrected chi connectivity index (χ1v) is 9.54. The molecule has 0 saturated carbocycles. The van der Waals surface area contributed by atoms with Gasteiger partial charge in [-0.25, -0.2) is 0 Å². The van der Waals surface area contributed by atoms with Gasteiger partial charge in [0.2, 0.25) is 5.91 Å². The molecule has 0 bridgehead atoms. The molecule has 0 fully saturated rings. The molecule has 0 unspecified atom stereocenters. The minimum Gasteiger partial charge on any atom is -0.459 e. The minimum absolute atomic E-state index is 0.112. The summed E-state index contributed by atoms with van der Waals surface area (Å²) in [5.74, 6) is 0.0586. The summed E-state index contributed by atoms with van der Waals surface area (Å²) in [5, 5.41) is 4.85. The number of amides is 2. The summed E-state index contributed by atoms with van der Waals surface area (Å²) in [4.78, 5) is 27.4. The first-order valence-electron chi connectivity index (χ1n) is 8.66. The van der Waals surface area contributed by atoms with Crippen molar-refractivity contribution in [2.75, 3.05) is 11.9 Å². The first kappa shape index (κ1) is 17.3. The lowest BCUT2D eigenvalue weighted by Gasteiger charge is -2.28. The maximum Gasteiger partial charge on any atom is 0.289 e. The van der Waals surface area contributed by atoms with E-state index in [1.165, 1.54) is 17.9 Å². The molecule has 5 nitrogen and oxygen atoms in total. The average Bonchev–Trinajstić information content (AvgIpc) is 3.39. The Bertz CT molecular complexity index is 975. The van der Waals surface area contributed by atoms with E-state index in [0.29, 0.717) is 18.8 Å². The van der Waals surface area contributed by atoms with E-state index < -0.39 is 0 Å². The Balaban J connectivity index is 1.44. The molecule has 0 saturated heterocycles. The van der Waals surface area contributed by atoms with Gasteiger partial charge in [-0.15, -0.1) is 11.3 Å². The van der Waals surface area contributed by atoms with Crippen LogP contribution in [0.25, 0.3) is 6.08 Å². The van der Waals surface area contributed by atoms with E-state index in [-0.39, 0.29) is 11.8 Å². The Morgan fingerprint density at radius 3 is 2.85 bits per heavy atom. The highest BCUT2D eigenvalue weighted by molar-refractivity contribution is 7.10. The number of furan rings is 1. The molecule has 0 atom stereocenters. The predicted octanol–water partition coefficient (Wildman–Crippen LogP) is 4.19. The summed E-state index contributed by atoms with van der Waals surface area (Å²) in [7, 11) is 0. The highest BCUT2D eigenvalue weighted by Gasteiger charge is 2.23. The lowest BCUT2D eigenvalue weighted by Crippen LogP contribution is -2.35. The molecule has 136 valence electrons. The number of fused-ring (bicyclic) bond motifs is 1. The second-order valence-electron chi connectivity index (χ2n) is 6.28. The second kappa shape index (κ2) is 7.63. The van der Waals surface area contributed by atoms with Crippen molar-refractivity contribution in [1.29, 1.82) is 0 Å². The van der Waals surface area contributed by atoms with Gasteiger partial charge in [0.15, 0.2) is 5.76 Å². The van der Waals surface area contributed by atoms with E-state index in [0.717, 1.165) is 22.5 Å². The lowest BCUT2D eigenvalue weighted by atomic mass is 9.99. The lowest BCUT2D eigenvalue weighted by molar-refractivity contribution is -0.111. The molecule has 2 amide bonds. The third kappa shape index (κ3) is 4.01. The predicted molar refractivity (Wildman–Crippen MR) is 106 cm³/mol. The van der Waals surface area contributed by atoms with Gasteiger partial charge in [0.05, 0.1) is 6.26 Å². The highest BCUT2D eigenvalue weighted by Crippen LogP contribution is 2.24. The molecule has 0 radical (unpaired) electrons. The molecule has 6 heteroatoms. The van der Waals surface area contributed by atoms with Crippen molar-refractivity contribution in [3.63, 3.8) is 0 Å². The third-order valence-corrected chi connectivity index (χ3v) is 5.28. The molecule has 1 aliphatic heterocycles. The maximum absolute atomic E-state index is 12.5. The molecule has 4 rings (SSSR count). The molecule has 3 aromatic rings. The zero-order chi connectivity index (χ0) is 18.6. The Labute approximate surface area is 160 Å². The van der Waals surface area contributed by atoms with Gasteiger partial charge >= 0.3 is 0 Å². The number of rotatable bonds is 4. The highest BCUT2D eigenvalue weighted by atomic mass is 32.1. The van der Waals surface area contributed by atoms with Gasteiger partial charge in [0, 0.05) is 29.7 Å². The summed E-state index contributed by atoms with van der Waals surface area (Å²) in [6.07, 6.45) is 5.61. The van der Waals surface area contributed by atoms with Gasteiger partial charge in [-0.1, -0.05) is 12.1 Å². The van der Waals surface area contributed by atoms with E-state index in [1.807, 2.05) is 35.7 Å². The van der Waals surface area contributed by atoms with Crippen LogP contribution in [0.1, 0.15) is 26.6 Å². The van der Waals surface area contributed by atoms with Gasteiger partial charge in [-0.3, -0.25) is 9.59 Å². The number of hydrogen-bond donors (Lipinski definition) is 1. The van der Waals surface area contributed by atoms with Crippen LogP contribution < -0.4 is 5.32 Å². The number of carbonyl (C=O) groups excluding carboxylic acids is 2. The molecule has 3 heterocycles. The fourth-order valence-corrected chi connectivity index (χ4v) is 3.71. The largest absolute Gasteiger partial charge is 0.459 e. The third-order valence-electron chi connectivity index (χ3n) is 4.45. The number of nitrogens with zero attached hydrogens (tertiary/aromatic N) is 1. The summed E-state index contributed by atoms with van der Waals surface area (Å²) >= 11 is 1.58. The van der Waals surface area contributed by atoms with Crippen molar-refractivity contribution in [2.24, 2.45) is 0 Å². The SMILES string of the molecule is O=C(/C=C/c1cccs1)Nc1ccc2c(c1)CN(C(=O)c1ccco1)CC2. The molecule has 1 aliphatic rings. The summed E-state index contributed by atoms with van der Waals surface area (Å²) < 4.78 is 5.22. The fourth-order valence-electron chi connectivity index (χ4n) is 3.09. The van der Waals surface area contributed by atoms with Gasteiger partial charge in [0.1, 0.15) is 0 Å². The number of thiophene rings is 1. The number of hydrogen-bond acceptors (Lipinski definition) is 4. The van der Waals surface area contributed by atoms with E-state index >= 15 is 0 Å².